The van der Waals surface area contributed by atoms with E-state index in [1.54, 1.807) is 12.1 Å². The molecule has 1 saturated heterocycles. The van der Waals surface area contributed by atoms with Crippen molar-refractivity contribution >= 4 is 11.6 Å². The van der Waals surface area contributed by atoms with E-state index < -0.39 is 4.92 Å². The molecule has 1 aromatic heterocycles. The number of nitrogens with zero attached hydrogens (tertiary/aromatic N) is 5. The third-order valence-electron chi connectivity index (χ3n) is 6.40. The number of fused-ring (bicyclic) bond motifs is 1. The van der Waals surface area contributed by atoms with Crippen molar-refractivity contribution in [2.45, 2.75) is 13.0 Å². The highest BCUT2D eigenvalue weighted by Crippen LogP contribution is 2.39. The van der Waals surface area contributed by atoms with Gasteiger partial charge in [-0.2, -0.15) is 0 Å². The van der Waals surface area contributed by atoms with Crippen LogP contribution < -0.4 is 0 Å². The van der Waals surface area contributed by atoms with Crippen molar-refractivity contribution in [3.8, 4) is 22.6 Å². The molecule has 34 heavy (non-hydrogen) atoms. The van der Waals surface area contributed by atoms with E-state index in [-0.39, 0.29) is 17.6 Å². The van der Waals surface area contributed by atoms with Crippen molar-refractivity contribution in [2.75, 3.05) is 39.4 Å². The Labute approximate surface area is 197 Å². The zero-order chi connectivity index (χ0) is 23.7. The maximum Gasteiger partial charge on any atom is 0.270 e. The maximum absolute atomic E-state index is 13.6. The lowest BCUT2D eigenvalue weighted by Gasteiger charge is -2.29. The molecular formula is C25H25N5O4. The minimum atomic E-state index is -0.442. The molecule has 2 aliphatic heterocycles. The first kappa shape index (κ1) is 22.1. The number of aromatic nitrogens is 2. The number of hydrogen-bond donors (Lipinski definition) is 0. The molecule has 0 aliphatic carbocycles. The smallest absolute Gasteiger partial charge is 0.270 e. The summed E-state index contributed by atoms with van der Waals surface area (Å²) in [5, 5.41) is 11.4. The molecule has 174 valence electrons. The summed E-state index contributed by atoms with van der Waals surface area (Å²) in [4.78, 5) is 38.2. The Kier molecular flexibility index (Phi) is 6.04. The van der Waals surface area contributed by atoms with Crippen LogP contribution in [0.3, 0.4) is 0 Å². The molecule has 0 radical (unpaired) electrons. The predicted octanol–water partition coefficient (Wildman–Crippen LogP) is 3.57. The van der Waals surface area contributed by atoms with Gasteiger partial charge in [-0.05, 0) is 6.92 Å². The highest BCUT2D eigenvalue weighted by atomic mass is 16.6. The topological polar surface area (TPSA) is 102 Å². The van der Waals surface area contributed by atoms with E-state index >= 15 is 0 Å². The third-order valence-corrected chi connectivity index (χ3v) is 6.40. The Balaban J connectivity index is 1.57. The first-order chi connectivity index (χ1) is 16.5. The summed E-state index contributed by atoms with van der Waals surface area (Å²) < 4.78 is 5.42. The van der Waals surface area contributed by atoms with E-state index in [9.17, 15) is 14.9 Å². The fraction of sp³-hybridized carbons (Fsp3) is 0.320. The zero-order valence-electron chi connectivity index (χ0n) is 18.9. The Morgan fingerprint density at radius 2 is 1.76 bits per heavy atom. The van der Waals surface area contributed by atoms with Gasteiger partial charge in [0.15, 0.2) is 5.82 Å². The summed E-state index contributed by atoms with van der Waals surface area (Å²) in [7, 11) is 0. The lowest BCUT2D eigenvalue weighted by atomic mass is 10.0. The van der Waals surface area contributed by atoms with Gasteiger partial charge in [-0.1, -0.05) is 42.5 Å². The number of nitro benzene ring substituents is 1. The van der Waals surface area contributed by atoms with E-state index in [1.807, 2.05) is 42.2 Å². The average Bonchev–Trinajstić information content (AvgIpc) is 3.12. The summed E-state index contributed by atoms with van der Waals surface area (Å²) in [6.07, 6.45) is 0. The van der Waals surface area contributed by atoms with Crippen LogP contribution in [0, 0.1) is 10.1 Å². The van der Waals surface area contributed by atoms with Crippen LogP contribution in [0.1, 0.15) is 29.0 Å². The van der Waals surface area contributed by atoms with Gasteiger partial charge in [0.25, 0.3) is 11.6 Å². The van der Waals surface area contributed by atoms with E-state index in [0.717, 1.165) is 25.2 Å². The van der Waals surface area contributed by atoms with Crippen molar-refractivity contribution in [3.05, 3.63) is 76.0 Å². The summed E-state index contributed by atoms with van der Waals surface area (Å²) in [6, 6.07) is 15.6. The number of carbonyl (C=O) groups is 1. The van der Waals surface area contributed by atoms with Crippen molar-refractivity contribution in [3.63, 3.8) is 0 Å². The largest absolute Gasteiger partial charge is 0.379 e. The Morgan fingerprint density at radius 1 is 1.03 bits per heavy atom. The minimum absolute atomic E-state index is 0.0474. The first-order valence-corrected chi connectivity index (χ1v) is 11.4. The predicted molar refractivity (Wildman–Crippen MR) is 126 cm³/mol. The van der Waals surface area contributed by atoms with Crippen LogP contribution in [0.2, 0.25) is 0 Å². The minimum Gasteiger partial charge on any atom is -0.379 e. The van der Waals surface area contributed by atoms with Crippen LogP contribution in [0.4, 0.5) is 5.69 Å². The van der Waals surface area contributed by atoms with Gasteiger partial charge >= 0.3 is 0 Å². The first-order valence-electron chi connectivity index (χ1n) is 11.4. The van der Waals surface area contributed by atoms with Crippen molar-refractivity contribution in [2.24, 2.45) is 0 Å². The summed E-state index contributed by atoms with van der Waals surface area (Å²) in [6.45, 7) is 6.38. The molecule has 0 bridgehead atoms. The number of morpholine rings is 1. The second kappa shape index (κ2) is 9.28. The van der Waals surface area contributed by atoms with Gasteiger partial charge < -0.3 is 9.64 Å². The lowest BCUT2D eigenvalue weighted by Crippen LogP contribution is -2.42. The van der Waals surface area contributed by atoms with Gasteiger partial charge in [-0.15, -0.1) is 0 Å². The van der Waals surface area contributed by atoms with E-state index in [2.05, 4.69) is 4.90 Å². The quantitative estimate of drug-likeness (QED) is 0.410. The van der Waals surface area contributed by atoms with Crippen LogP contribution in [-0.4, -0.2) is 70.0 Å². The average molecular weight is 460 g/mol. The highest BCUT2D eigenvalue weighted by molar-refractivity contribution is 6.04. The zero-order valence-corrected chi connectivity index (χ0v) is 18.9. The number of carbonyl (C=O) groups excluding carboxylic acids is 1. The number of rotatable bonds is 6. The monoisotopic (exact) mass is 459 g/mol. The second-order valence-corrected chi connectivity index (χ2v) is 8.46. The van der Waals surface area contributed by atoms with Crippen molar-refractivity contribution < 1.29 is 14.5 Å². The molecule has 2 aliphatic rings. The number of ether oxygens (including phenoxy) is 1. The number of amides is 1. The molecule has 1 atom stereocenters. The molecule has 5 rings (SSSR count). The molecule has 2 aromatic carbocycles. The maximum atomic E-state index is 13.6. The molecule has 9 nitrogen and oxygen atoms in total. The molecule has 0 N–H and O–H groups in total. The van der Waals surface area contributed by atoms with E-state index in [1.165, 1.54) is 12.1 Å². The lowest BCUT2D eigenvalue weighted by molar-refractivity contribution is -0.384. The van der Waals surface area contributed by atoms with Crippen LogP contribution in [0.5, 0.6) is 0 Å². The second-order valence-electron chi connectivity index (χ2n) is 8.46. The Hall–Kier alpha value is -3.69. The van der Waals surface area contributed by atoms with Crippen LogP contribution >= 0.6 is 0 Å². The summed E-state index contributed by atoms with van der Waals surface area (Å²) in [5.74, 6) is 0.354. The van der Waals surface area contributed by atoms with Gasteiger partial charge in [-0.25, -0.2) is 9.97 Å². The SMILES string of the molecule is CC1c2nc(-c3ccccc3)nc(-c3cccc([N+](=O)[O-])c3)c2C(=O)N1CCN1CCOCC1. The molecule has 1 unspecified atom stereocenters. The molecule has 1 amide bonds. The van der Waals surface area contributed by atoms with Crippen LogP contribution in [0.15, 0.2) is 54.6 Å². The number of benzene rings is 2. The van der Waals surface area contributed by atoms with Crippen molar-refractivity contribution in [1.29, 1.82) is 0 Å². The Bertz CT molecular complexity index is 1230. The molecule has 3 aromatic rings. The third kappa shape index (κ3) is 4.15. The fourth-order valence-corrected chi connectivity index (χ4v) is 4.52. The van der Waals surface area contributed by atoms with Crippen LogP contribution in [-0.2, 0) is 4.74 Å². The summed E-state index contributed by atoms with van der Waals surface area (Å²) >= 11 is 0. The highest BCUT2D eigenvalue weighted by Gasteiger charge is 2.39. The van der Waals surface area contributed by atoms with Crippen LogP contribution in [0.25, 0.3) is 22.6 Å². The molecule has 0 spiro atoms. The molecule has 0 saturated carbocycles. The van der Waals surface area contributed by atoms with Gasteiger partial charge in [0.1, 0.15) is 0 Å². The number of non-ortho nitro benzene ring substituents is 1. The van der Waals surface area contributed by atoms with Gasteiger partial charge in [-0.3, -0.25) is 19.8 Å². The molecular weight excluding hydrogens is 434 g/mol. The molecule has 9 heteroatoms. The standard InChI is InChI=1S/C25H25N5O4/c1-17-22-21(25(31)29(17)11-10-28-12-14-34-15-13-28)23(19-8-5-9-20(16-19)30(32)33)27-24(26-22)18-6-3-2-4-7-18/h2-9,16-17H,10-15H2,1H3. The van der Waals surface area contributed by atoms with E-state index in [4.69, 9.17) is 14.7 Å². The molecule has 3 heterocycles. The van der Waals surface area contributed by atoms with E-state index in [0.29, 0.717) is 48.1 Å². The number of nitro groups is 1. The van der Waals surface area contributed by atoms with Gasteiger partial charge in [0.05, 0.1) is 41.1 Å². The Morgan fingerprint density at radius 3 is 2.50 bits per heavy atom. The van der Waals surface area contributed by atoms with Crippen molar-refractivity contribution in [1.82, 2.24) is 19.8 Å². The number of hydrogen-bond acceptors (Lipinski definition) is 7. The normalized spacial score (nSPS) is 18.2. The summed E-state index contributed by atoms with van der Waals surface area (Å²) in [5.41, 5.74) is 2.81. The van der Waals surface area contributed by atoms with Gasteiger partial charge in [0, 0.05) is 49.4 Å². The molecule has 1 fully saturated rings. The van der Waals surface area contributed by atoms with Gasteiger partial charge in [0.2, 0.25) is 0 Å². The fourth-order valence-electron chi connectivity index (χ4n) is 4.52.